The quantitative estimate of drug-likeness (QED) is 0.676. The number of hydrogen-bond acceptors (Lipinski definition) is 3. The number of hydrogen-bond donors (Lipinski definition) is 0. The second-order valence-corrected chi connectivity index (χ2v) is 6.15. The molecule has 0 saturated heterocycles. The lowest BCUT2D eigenvalue weighted by Crippen LogP contribution is -2.37. The third-order valence-electron chi connectivity index (χ3n) is 2.73. The van der Waals surface area contributed by atoms with Crippen molar-refractivity contribution in [3.05, 3.63) is 26.7 Å². The summed E-state index contributed by atoms with van der Waals surface area (Å²) < 4.78 is 1.82. The number of nitrogens with zero attached hydrogens (tertiary/aromatic N) is 4. The summed E-state index contributed by atoms with van der Waals surface area (Å²) in [6.45, 7) is 0. The first-order chi connectivity index (χ1) is 8.16. The van der Waals surface area contributed by atoms with Crippen LogP contribution in [0.15, 0.2) is 9.59 Å². The molecule has 0 unspecified atom stereocenters. The number of fused-ring (bicyclic) bond motifs is 1. The third-order valence-corrected chi connectivity index (χ3v) is 3.24. The highest BCUT2D eigenvalue weighted by Crippen LogP contribution is 2.37. The molecule has 0 fully saturated rings. The van der Waals surface area contributed by atoms with E-state index in [1.165, 1.54) is 23.2 Å². The van der Waals surface area contributed by atoms with E-state index < -0.39 is 15.0 Å². The number of rotatable bonds is 0. The van der Waals surface area contributed by atoms with Crippen LogP contribution in [0.1, 0.15) is 5.82 Å². The van der Waals surface area contributed by atoms with E-state index in [1.54, 1.807) is 7.05 Å². The van der Waals surface area contributed by atoms with Crippen LogP contribution in [0.4, 0.5) is 0 Å². The van der Waals surface area contributed by atoms with Crippen LogP contribution < -0.4 is 11.2 Å². The lowest BCUT2D eigenvalue weighted by Gasteiger charge is -2.09. The maximum absolute atomic E-state index is 12.0. The highest BCUT2D eigenvalue weighted by Gasteiger charge is 2.31. The molecule has 0 N–H and O–H groups in total. The van der Waals surface area contributed by atoms with E-state index in [-0.39, 0.29) is 17.0 Å². The molecule has 0 radical (unpaired) electrons. The van der Waals surface area contributed by atoms with Gasteiger partial charge in [-0.1, -0.05) is 34.8 Å². The van der Waals surface area contributed by atoms with Crippen molar-refractivity contribution in [1.29, 1.82) is 0 Å². The van der Waals surface area contributed by atoms with Crippen molar-refractivity contribution >= 4 is 46.0 Å². The molecule has 0 aliphatic rings. The Kier molecular flexibility index (Phi) is 3.00. The molecule has 0 atom stereocenters. The molecule has 2 aromatic rings. The summed E-state index contributed by atoms with van der Waals surface area (Å²) in [5.41, 5.74) is -0.571. The standard InChI is InChI=1S/C9H9Cl3N4O2/c1-14-4-5(13-7(14)9(10,11)12)15(2)8(18)16(3)6(4)17/h1-3H3. The third kappa shape index (κ3) is 1.75. The van der Waals surface area contributed by atoms with E-state index in [0.717, 1.165) is 4.57 Å². The summed E-state index contributed by atoms with van der Waals surface area (Å²) in [4.78, 5) is 27.8. The SMILES string of the molecule is Cn1c(=O)c2c(nc(C(Cl)(Cl)Cl)n2C)n(C)c1=O. The number of halogens is 3. The van der Waals surface area contributed by atoms with Gasteiger partial charge in [-0.25, -0.2) is 9.78 Å². The molecule has 0 aliphatic heterocycles. The summed E-state index contributed by atoms with van der Waals surface area (Å²) >= 11 is 17.3. The van der Waals surface area contributed by atoms with Gasteiger partial charge in [0.15, 0.2) is 17.0 Å². The molecule has 0 amide bonds. The average Bonchev–Trinajstić information content (AvgIpc) is 2.61. The van der Waals surface area contributed by atoms with Gasteiger partial charge >= 0.3 is 5.69 Å². The van der Waals surface area contributed by atoms with Gasteiger partial charge in [-0.3, -0.25) is 13.9 Å². The smallest absolute Gasteiger partial charge is 0.322 e. The van der Waals surface area contributed by atoms with Crippen molar-refractivity contribution in [2.24, 2.45) is 21.1 Å². The van der Waals surface area contributed by atoms with Crippen molar-refractivity contribution < 1.29 is 0 Å². The fourth-order valence-corrected chi connectivity index (χ4v) is 2.28. The fourth-order valence-electron chi connectivity index (χ4n) is 1.77. The van der Waals surface area contributed by atoms with Gasteiger partial charge in [-0.15, -0.1) is 0 Å². The van der Waals surface area contributed by atoms with E-state index in [1.807, 2.05) is 0 Å². The molecule has 0 bridgehead atoms. The predicted octanol–water partition coefficient (Wildman–Crippen LogP) is 0.797. The second-order valence-electron chi connectivity index (χ2n) is 3.87. The molecule has 9 heteroatoms. The Morgan fingerprint density at radius 1 is 1.00 bits per heavy atom. The first kappa shape index (κ1) is 13.5. The Morgan fingerprint density at radius 3 is 2.06 bits per heavy atom. The molecular formula is C9H9Cl3N4O2. The largest absolute Gasteiger partial charge is 0.332 e. The van der Waals surface area contributed by atoms with E-state index in [9.17, 15) is 9.59 Å². The fraction of sp³-hybridized carbons (Fsp3) is 0.444. The summed E-state index contributed by atoms with van der Waals surface area (Å²) in [5, 5.41) is 0. The number of aryl methyl sites for hydroxylation is 2. The van der Waals surface area contributed by atoms with Gasteiger partial charge in [0.25, 0.3) is 5.56 Å². The van der Waals surface area contributed by atoms with Gasteiger partial charge in [-0.2, -0.15) is 0 Å². The van der Waals surface area contributed by atoms with Gasteiger partial charge in [0, 0.05) is 21.1 Å². The minimum atomic E-state index is -1.77. The molecule has 98 valence electrons. The van der Waals surface area contributed by atoms with Gasteiger partial charge in [0.05, 0.1) is 0 Å². The van der Waals surface area contributed by atoms with Crippen molar-refractivity contribution in [3.63, 3.8) is 0 Å². The zero-order valence-corrected chi connectivity index (χ0v) is 12.0. The van der Waals surface area contributed by atoms with Crippen molar-refractivity contribution in [2.75, 3.05) is 0 Å². The molecule has 2 aromatic heterocycles. The number of alkyl halides is 3. The summed E-state index contributed by atoms with van der Waals surface area (Å²) in [6.07, 6.45) is 0. The van der Waals surface area contributed by atoms with Gasteiger partial charge < -0.3 is 4.57 Å². The Labute approximate surface area is 116 Å². The normalized spacial score (nSPS) is 12.3. The Morgan fingerprint density at radius 2 is 1.56 bits per heavy atom. The van der Waals surface area contributed by atoms with Gasteiger partial charge in [0.1, 0.15) is 0 Å². The zero-order valence-electron chi connectivity index (χ0n) is 9.74. The minimum absolute atomic E-state index is 0.0841. The predicted molar refractivity (Wildman–Crippen MR) is 70.4 cm³/mol. The highest BCUT2D eigenvalue weighted by molar-refractivity contribution is 6.66. The van der Waals surface area contributed by atoms with E-state index in [2.05, 4.69) is 4.98 Å². The monoisotopic (exact) mass is 310 g/mol. The molecule has 0 spiro atoms. The summed E-state index contributed by atoms with van der Waals surface area (Å²) in [5.74, 6) is 0.0841. The minimum Gasteiger partial charge on any atom is -0.322 e. The first-order valence-corrected chi connectivity index (χ1v) is 5.99. The van der Waals surface area contributed by atoms with E-state index in [0.29, 0.717) is 0 Å². The van der Waals surface area contributed by atoms with Crippen LogP contribution >= 0.6 is 34.8 Å². The Balaban J connectivity index is 3.08. The lowest BCUT2D eigenvalue weighted by molar-refractivity contribution is 0.705. The number of imidazole rings is 1. The van der Waals surface area contributed by atoms with Crippen molar-refractivity contribution in [2.45, 2.75) is 3.79 Å². The van der Waals surface area contributed by atoms with Gasteiger partial charge in [0.2, 0.25) is 3.79 Å². The molecule has 0 aromatic carbocycles. The highest BCUT2D eigenvalue weighted by atomic mass is 35.6. The molecule has 2 heterocycles. The van der Waals surface area contributed by atoms with Crippen molar-refractivity contribution in [1.82, 2.24) is 18.7 Å². The molecule has 0 saturated carbocycles. The zero-order chi connectivity index (χ0) is 13.8. The van der Waals surface area contributed by atoms with E-state index in [4.69, 9.17) is 34.8 Å². The molecule has 0 aliphatic carbocycles. The molecule has 18 heavy (non-hydrogen) atoms. The Hall–Kier alpha value is -0.980. The topological polar surface area (TPSA) is 61.8 Å². The van der Waals surface area contributed by atoms with Gasteiger partial charge in [-0.05, 0) is 0 Å². The molecule has 6 nitrogen and oxygen atoms in total. The maximum atomic E-state index is 12.0. The average molecular weight is 312 g/mol. The summed E-state index contributed by atoms with van der Waals surface area (Å²) in [7, 11) is 4.43. The van der Waals surface area contributed by atoms with Crippen LogP contribution in [0, 0.1) is 0 Å². The molecule has 2 rings (SSSR count). The Bertz CT molecular complexity index is 750. The van der Waals surface area contributed by atoms with Crippen molar-refractivity contribution in [3.8, 4) is 0 Å². The van der Waals surface area contributed by atoms with Crippen LogP contribution in [-0.2, 0) is 24.9 Å². The summed E-state index contributed by atoms with van der Waals surface area (Å²) in [6, 6.07) is 0. The van der Waals surface area contributed by atoms with Crippen LogP contribution in [0.5, 0.6) is 0 Å². The van der Waals surface area contributed by atoms with E-state index >= 15 is 0 Å². The lowest BCUT2D eigenvalue weighted by atomic mass is 10.5. The second kappa shape index (κ2) is 4.01. The molecular weight excluding hydrogens is 302 g/mol. The van der Waals surface area contributed by atoms with Crippen LogP contribution in [-0.4, -0.2) is 18.7 Å². The number of aromatic nitrogens is 4. The van der Waals surface area contributed by atoms with Crippen LogP contribution in [0.3, 0.4) is 0 Å². The van der Waals surface area contributed by atoms with Crippen LogP contribution in [0.2, 0.25) is 0 Å². The van der Waals surface area contributed by atoms with Crippen LogP contribution in [0.25, 0.3) is 11.2 Å². The maximum Gasteiger partial charge on any atom is 0.332 e. The first-order valence-electron chi connectivity index (χ1n) is 4.86.